The highest BCUT2D eigenvalue weighted by atomic mass is 16.7. The Bertz CT molecular complexity index is 556. The van der Waals surface area contributed by atoms with Gasteiger partial charge in [-0.25, -0.2) is 0 Å². The van der Waals surface area contributed by atoms with Gasteiger partial charge in [0.2, 0.25) is 0 Å². The van der Waals surface area contributed by atoms with E-state index in [1.165, 1.54) is 18.4 Å². The molecule has 1 aromatic rings. The van der Waals surface area contributed by atoms with E-state index in [1.54, 1.807) is 0 Å². The summed E-state index contributed by atoms with van der Waals surface area (Å²) in [6.07, 6.45) is 6.20. The Kier molecular flexibility index (Phi) is 3.04. The largest absolute Gasteiger partial charge is 0.469 e. The summed E-state index contributed by atoms with van der Waals surface area (Å²) >= 11 is 0. The standard InChI is InChI=1S/C15H20N2O4/c1-19-14(18)10-6-12(7-10)17-13-2-3-15(20-4-5-21-15)8-11(13)9-16-17/h9-10,12H,2-8H2,1H3/t10-,12+. The Labute approximate surface area is 123 Å². The molecule has 114 valence electrons. The summed E-state index contributed by atoms with van der Waals surface area (Å²) in [4.78, 5) is 11.5. The summed E-state index contributed by atoms with van der Waals surface area (Å²) in [5.74, 6) is -0.468. The molecule has 1 spiro atoms. The second-order valence-corrected chi connectivity index (χ2v) is 6.19. The first-order valence-corrected chi connectivity index (χ1v) is 7.62. The van der Waals surface area contributed by atoms with E-state index in [4.69, 9.17) is 14.2 Å². The Balaban J connectivity index is 1.48. The van der Waals surface area contributed by atoms with Gasteiger partial charge < -0.3 is 14.2 Å². The maximum Gasteiger partial charge on any atom is 0.308 e. The van der Waals surface area contributed by atoms with Crippen LogP contribution in [-0.2, 0) is 31.8 Å². The summed E-state index contributed by atoms with van der Waals surface area (Å²) < 4.78 is 18.5. The summed E-state index contributed by atoms with van der Waals surface area (Å²) in [7, 11) is 1.45. The maximum absolute atomic E-state index is 11.5. The molecule has 0 atom stereocenters. The molecule has 4 rings (SSSR count). The van der Waals surface area contributed by atoms with Crippen LogP contribution in [0.25, 0.3) is 0 Å². The van der Waals surface area contributed by atoms with Crippen molar-refractivity contribution >= 4 is 5.97 Å². The van der Waals surface area contributed by atoms with E-state index in [9.17, 15) is 4.79 Å². The van der Waals surface area contributed by atoms with Crippen LogP contribution in [-0.4, -0.2) is 41.9 Å². The fourth-order valence-electron chi connectivity index (χ4n) is 3.74. The van der Waals surface area contributed by atoms with E-state index in [0.717, 1.165) is 32.1 Å². The van der Waals surface area contributed by atoms with Crippen LogP contribution >= 0.6 is 0 Å². The van der Waals surface area contributed by atoms with Crippen LogP contribution in [0, 0.1) is 5.92 Å². The molecule has 0 amide bonds. The minimum absolute atomic E-state index is 0.0382. The van der Waals surface area contributed by atoms with Crippen molar-refractivity contribution in [3.05, 3.63) is 17.5 Å². The number of fused-ring (bicyclic) bond motifs is 1. The van der Waals surface area contributed by atoms with E-state index < -0.39 is 5.79 Å². The molecule has 0 radical (unpaired) electrons. The lowest BCUT2D eigenvalue weighted by Gasteiger charge is -2.36. The number of aromatic nitrogens is 2. The van der Waals surface area contributed by atoms with Crippen molar-refractivity contribution in [3.63, 3.8) is 0 Å². The van der Waals surface area contributed by atoms with Crippen molar-refractivity contribution in [1.29, 1.82) is 0 Å². The van der Waals surface area contributed by atoms with Gasteiger partial charge in [0.05, 0.1) is 38.5 Å². The maximum atomic E-state index is 11.5. The molecular weight excluding hydrogens is 272 g/mol. The number of hydrogen-bond donors (Lipinski definition) is 0. The Morgan fingerprint density at radius 1 is 1.43 bits per heavy atom. The molecule has 21 heavy (non-hydrogen) atoms. The molecule has 3 aliphatic rings. The first kappa shape index (κ1) is 13.3. The van der Waals surface area contributed by atoms with Gasteiger partial charge in [-0.2, -0.15) is 5.10 Å². The molecule has 1 saturated carbocycles. The van der Waals surface area contributed by atoms with Crippen molar-refractivity contribution in [1.82, 2.24) is 9.78 Å². The van der Waals surface area contributed by atoms with Crippen LogP contribution in [0.15, 0.2) is 6.20 Å². The molecule has 0 aromatic carbocycles. The van der Waals surface area contributed by atoms with Gasteiger partial charge in [0.25, 0.3) is 0 Å². The fourth-order valence-corrected chi connectivity index (χ4v) is 3.74. The molecular formula is C15H20N2O4. The Morgan fingerprint density at radius 3 is 2.90 bits per heavy atom. The summed E-state index contributed by atoms with van der Waals surface area (Å²) in [6, 6.07) is 0.331. The minimum atomic E-state index is -0.408. The SMILES string of the molecule is COC(=O)[C@H]1C[C@@H](n2ncc3c2CCC2(C3)OCCO2)C1. The summed E-state index contributed by atoms with van der Waals surface area (Å²) in [6.45, 7) is 1.37. The van der Waals surface area contributed by atoms with E-state index in [-0.39, 0.29) is 11.9 Å². The normalized spacial score (nSPS) is 30.0. The van der Waals surface area contributed by atoms with Crippen LogP contribution < -0.4 is 0 Å². The lowest BCUT2D eigenvalue weighted by atomic mass is 9.80. The zero-order chi connectivity index (χ0) is 14.4. The fraction of sp³-hybridized carbons (Fsp3) is 0.733. The molecule has 6 nitrogen and oxygen atoms in total. The number of carbonyl (C=O) groups excluding carboxylic acids is 1. The van der Waals surface area contributed by atoms with Crippen molar-refractivity contribution in [2.24, 2.45) is 5.92 Å². The third-order valence-electron chi connectivity index (χ3n) is 4.99. The number of nitrogens with zero attached hydrogens (tertiary/aromatic N) is 2. The molecule has 1 aromatic heterocycles. The second-order valence-electron chi connectivity index (χ2n) is 6.19. The molecule has 1 aliphatic heterocycles. The third-order valence-corrected chi connectivity index (χ3v) is 4.99. The van der Waals surface area contributed by atoms with Crippen molar-refractivity contribution in [3.8, 4) is 0 Å². The van der Waals surface area contributed by atoms with Crippen LogP contribution in [0.1, 0.15) is 36.6 Å². The number of methoxy groups -OCH3 is 1. The van der Waals surface area contributed by atoms with Crippen molar-refractivity contribution < 1.29 is 19.0 Å². The monoisotopic (exact) mass is 292 g/mol. The van der Waals surface area contributed by atoms with Gasteiger partial charge in [-0.1, -0.05) is 0 Å². The van der Waals surface area contributed by atoms with Crippen molar-refractivity contribution in [2.75, 3.05) is 20.3 Å². The van der Waals surface area contributed by atoms with Crippen LogP contribution in [0.3, 0.4) is 0 Å². The molecule has 2 heterocycles. The van der Waals surface area contributed by atoms with Gasteiger partial charge in [0.1, 0.15) is 0 Å². The average molecular weight is 292 g/mol. The van der Waals surface area contributed by atoms with Gasteiger partial charge in [-0.15, -0.1) is 0 Å². The van der Waals surface area contributed by atoms with Gasteiger partial charge in [-0.05, 0) is 24.8 Å². The quantitative estimate of drug-likeness (QED) is 0.767. The first-order chi connectivity index (χ1) is 10.2. The predicted octanol–water partition coefficient (Wildman–Crippen LogP) is 1.24. The number of carbonyl (C=O) groups is 1. The Hall–Kier alpha value is -1.40. The molecule has 0 N–H and O–H groups in total. The number of esters is 1. The zero-order valence-corrected chi connectivity index (χ0v) is 12.2. The smallest absolute Gasteiger partial charge is 0.308 e. The molecule has 0 unspecified atom stereocenters. The van der Waals surface area contributed by atoms with Crippen molar-refractivity contribution in [2.45, 2.75) is 43.9 Å². The second kappa shape index (κ2) is 4.81. The zero-order valence-electron chi connectivity index (χ0n) is 12.2. The van der Waals surface area contributed by atoms with E-state index in [0.29, 0.717) is 19.3 Å². The van der Waals surface area contributed by atoms with Gasteiger partial charge in [0.15, 0.2) is 5.79 Å². The minimum Gasteiger partial charge on any atom is -0.469 e. The van der Waals surface area contributed by atoms with Gasteiger partial charge in [-0.3, -0.25) is 9.48 Å². The van der Waals surface area contributed by atoms with E-state index >= 15 is 0 Å². The number of ether oxygens (including phenoxy) is 3. The molecule has 1 saturated heterocycles. The Morgan fingerprint density at radius 2 is 2.19 bits per heavy atom. The first-order valence-electron chi connectivity index (χ1n) is 7.62. The highest BCUT2D eigenvalue weighted by Crippen LogP contribution is 2.42. The van der Waals surface area contributed by atoms with Crippen LogP contribution in [0.4, 0.5) is 0 Å². The molecule has 6 heteroatoms. The lowest BCUT2D eigenvalue weighted by molar-refractivity contribution is -0.164. The topological polar surface area (TPSA) is 62.6 Å². The van der Waals surface area contributed by atoms with Gasteiger partial charge >= 0.3 is 5.97 Å². The van der Waals surface area contributed by atoms with E-state index in [1.807, 2.05) is 6.20 Å². The van der Waals surface area contributed by atoms with E-state index in [2.05, 4.69) is 9.78 Å². The van der Waals surface area contributed by atoms with Gasteiger partial charge in [0, 0.05) is 18.5 Å². The summed E-state index contributed by atoms with van der Waals surface area (Å²) in [5, 5.41) is 4.55. The third kappa shape index (κ3) is 2.08. The highest BCUT2D eigenvalue weighted by molar-refractivity contribution is 5.73. The van der Waals surface area contributed by atoms with Crippen LogP contribution in [0.5, 0.6) is 0 Å². The lowest BCUT2D eigenvalue weighted by Crippen LogP contribution is -2.38. The molecule has 0 bridgehead atoms. The number of hydrogen-bond acceptors (Lipinski definition) is 5. The molecule has 2 fully saturated rings. The number of rotatable bonds is 2. The molecule has 2 aliphatic carbocycles. The predicted molar refractivity (Wildman–Crippen MR) is 72.7 cm³/mol. The average Bonchev–Trinajstić information content (AvgIpc) is 3.05. The summed E-state index contributed by atoms with van der Waals surface area (Å²) in [5.41, 5.74) is 2.51. The highest BCUT2D eigenvalue weighted by Gasteiger charge is 2.43. The van der Waals surface area contributed by atoms with Crippen LogP contribution in [0.2, 0.25) is 0 Å².